The first-order valence-electron chi connectivity index (χ1n) is 9.50. The fourth-order valence-electron chi connectivity index (χ4n) is 3.74. The molecule has 2 aromatic carbocycles. The van der Waals surface area contributed by atoms with Crippen LogP contribution in [0, 0.1) is 0 Å². The summed E-state index contributed by atoms with van der Waals surface area (Å²) in [6.45, 7) is 0. The number of anilines is 2. The van der Waals surface area contributed by atoms with Crippen LogP contribution in [-0.4, -0.2) is 12.2 Å². The molecular weight excluding hydrogens is 439 g/mol. The van der Waals surface area contributed by atoms with Gasteiger partial charge in [-0.2, -0.15) is 0 Å². The molecule has 2 heterocycles. The summed E-state index contributed by atoms with van der Waals surface area (Å²) in [4.78, 5) is 19.4. The molecule has 3 aromatic rings. The van der Waals surface area contributed by atoms with E-state index in [1.165, 1.54) is 0 Å². The molecule has 152 valence electrons. The number of carbonyl (C=O) groups is 1. The number of aliphatic imine (C=N–C) groups is 1. The van der Waals surface area contributed by atoms with Crippen LogP contribution < -0.4 is 16.0 Å². The lowest BCUT2D eigenvalue weighted by molar-refractivity contribution is -0.118. The third kappa shape index (κ3) is 3.30. The number of thiophene rings is 1. The Balaban J connectivity index is 1.32. The predicted molar refractivity (Wildman–Crippen MR) is 124 cm³/mol. The fraction of sp³-hybridized carbons (Fsp3) is 0.182. The topological polar surface area (TPSA) is 70.7 Å². The lowest BCUT2D eigenvalue weighted by atomic mass is 9.95. The average Bonchev–Trinajstić information content (AvgIpc) is 3.42. The van der Waals surface area contributed by atoms with Crippen molar-refractivity contribution in [1.82, 2.24) is 0 Å². The Bertz CT molecular complexity index is 1150. The zero-order valence-electron chi connectivity index (χ0n) is 15.8. The van der Waals surface area contributed by atoms with E-state index in [0.717, 1.165) is 40.3 Å². The van der Waals surface area contributed by atoms with Crippen molar-refractivity contribution in [3.63, 3.8) is 0 Å². The Labute approximate surface area is 188 Å². The summed E-state index contributed by atoms with van der Waals surface area (Å²) in [5.41, 5.74) is 9.40. The lowest BCUT2D eigenvalue weighted by Crippen LogP contribution is -2.35. The lowest BCUT2D eigenvalue weighted by Gasteiger charge is -2.29. The Morgan fingerprint density at radius 2 is 1.90 bits per heavy atom. The molecule has 1 aliphatic carbocycles. The van der Waals surface area contributed by atoms with E-state index < -0.39 is 5.41 Å². The monoisotopic (exact) mass is 456 g/mol. The summed E-state index contributed by atoms with van der Waals surface area (Å²) in [5, 5.41) is 6.92. The van der Waals surface area contributed by atoms with Gasteiger partial charge in [0.1, 0.15) is 11.2 Å². The summed E-state index contributed by atoms with van der Waals surface area (Å²) < 4.78 is 0. The van der Waals surface area contributed by atoms with Crippen molar-refractivity contribution in [2.45, 2.75) is 24.4 Å². The number of halogens is 2. The molecule has 1 saturated carbocycles. The molecule has 3 N–H and O–H groups in total. The number of hydrogen-bond acceptors (Lipinski definition) is 5. The molecule has 1 aromatic heterocycles. The molecule has 1 amide bonds. The van der Waals surface area contributed by atoms with Gasteiger partial charge in [-0.1, -0.05) is 29.3 Å². The van der Waals surface area contributed by atoms with Gasteiger partial charge in [-0.25, -0.2) is 4.99 Å². The van der Waals surface area contributed by atoms with Crippen LogP contribution in [0.3, 0.4) is 0 Å². The number of rotatable bonds is 4. The van der Waals surface area contributed by atoms with E-state index in [1.807, 2.05) is 46.7 Å². The molecule has 5 nitrogen and oxygen atoms in total. The van der Waals surface area contributed by atoms with Crippen molar-refractivity contribution in [3.8, 4) is 0 Å². The first kappa shape index (κ1) is 19.6. The number of amides is 1. The molecular formula is C22H18Cl2N4OS. The van der Waals surface area contributed by atoms with Crippen LogP contribution in [0.5, 0.6) is 0 Å². The van der Waals surface area contributed by atoms with Gasteiger partial charge in [0, 0.05) is 16.9 Å². The van der Waals surface area contributed by atoms with Crippen LogP contribution in [-0.2, 0) is 10.2 Å². The van der Waals surface area contributed by atoms with Gasteiger partial charge in [0.05, 0.1) is 21.8 Å². The number of hydrogen-bond donors (Lipinski definition) is 2. The van der Waals surface area contributed by atoms with Gasteiger partial charge in [0.15, 0.2) is 0 Å². The number of nitrogens with one attached hydrogen (secondary N) is 1. The van der Waals surface area contributed by atoms with Crippen LogP contribution in [0.15, 0.2) is 58.9 Å². The van der Waals surface area contributed by atoms with Gasteiger partial charge >= 0.3 is 0 Å². The molecule has 0 radical (unpaired) electrons. The van der Waals surface area contributed by atoms with Crippen molar-refractivity contribution >= 4 is 63.2 Å². The molecule has 5 rings (SSSR count). The second-order valence-electron chi connectivity index (χ2n) is 7.49. The standard InChI is InChI=1S/C22H18Cl2N4OS/c23-17-6-1-13(11-18(17)24)22(8-9-22)21(29)27-14-2-4-15(5-3-14)28-12-26-20-16(19(28)25)7-10-30-20/h1-7,10-12,19H,8-9,25H2,(H,27,29). The number of fused-ring (bicyclic) bond motifs is 1. The Morgan fingerprint density at radius 3 is 2.60 bits per heavy atom. The summed E-state index contributed by atoms with van der Waals surface area (Å²) in [7, 11) is 0. The van der Waals surface area contributed by atoms with Crippen molar-refractivity contribution in [3.05, 3.63) is 75.1 Å². The SMILES string of the molecule is NC1c2ccsc2N=CN1c1ccc(NC(=O)C2(c3ccc(Cl)c(Cl)c3)CC2)cc1. The zero-order valence-corrected chi connectivity index (χ0v) is 18.1. The van der Waals surface area contributed by atoms with Crippen LogP contribution >= 0.6 is 34.5 Å². The van der Waals surface area contributed by atoms with Gasteiger partial charge in [-0.15, -0.1) is 11.3 Å². The first-order chi connectivity index (χ1) is 14.5. The van der Waals surface area contributed by atoms with E-state index in [2.05, 4.69) is 10.3 Å². The second-order valence-corrected chi connectivity index (χ2v) is 9.20. The maximum absolute atomic E-state index is 13.0. The van der Waals surface area contributed by atoms with Gasteiger partial charge in [-0.3, -0.25) is 4.79 Å². The predicted octanol–water partition coefficient (Wildman–Crippen LogP) is 5.86. The molecule has 30 heavy (non-hydrogen) atoms. The Morgan fingerprint density at radius 1 is 1.13 bits per heavy atom. The van der Waals surface area contributed by atoms with Gasteiger partial charge < -0.3 is 16.0 Å². The highest BCUT2D eigenvalue weighted by atomic mass is 35.5. The highest BCUT2D eigenvalue weighted by Crippen LogP contribution is 2.50. The van der Waals surface area contributed by atoms with E-state index in [9.17, 15) is 4.79 Å². The van der Waals surface area contributed by atoms with E-state index in [-0.39, 0.29) is 12.1 Å². The van der Waals surface area contributed by atoms with Gasteiger partial charge in [0.25, 0.3) is 0 Å². The van der Waals surface area contributed by atoms with Crippen molar-refractivity contribution < 1.29 is 4.79 Å². The molecule has 0 saturated heterocycles. The number of nitrogens with zero attached hydrogens (tertiary/aromatic N) is 2. The number of carbonyl (C=O) groups excluding carboxylic acids is 1. The average molecular weight is 457 g/mol. The zero-order chi connectivity index (χ0) is 20.9. The smallest absolute Gasteiger partial charge is 0.235 e. The van der Waals surface area contributed by atoms with Crippen molar-refractivity contribution in [1.29, 1.82) is 0 Å². The van der Waals surface area contributed by atoms with Crippen LogP contribution in [0.25, 0.3) is 0 Å². The quantitative estimate of drug-likeness (QED) is 0.515. The highest BCUT2D eigenvalue weighted by molar-refractivity contribution is 7.14. The normalized spacial score (nSPS) is 18.8. The molecule has 1 fully saturated rings. The van der Waals surface area contributed by atoms with E-state index in [4.69, 9.17) is 28.9 Å². The van der Waals surface area contributed by atoms with Crippen molar-refractivity contribution in [2.75, 3.05) is 10.2 Å². The minimum absolute atomic E-state index is 0.0345. The van der Waals surface area contributed by atoms with E-state index >= 15 is 0 Å². The van der Waals surface area contributed by atoms with Crippen molar-refractivity contribution in [2.24, 2.45) is 10.7 Å². The van der Waals surface area contributed by atoms with Gasteiger partial charge in [0.2, 0.25) is 5.91 Å². The molecule has 1 unspecified atom stereocenters. The minimum Gasteiger partial charge on any atom is -0.325 e. The molecule has 0 bridgehead atoms. The Hall–Kier alpha value is -2.38. The van der Waals surface area contributed by atoms with E-state index in [0.29, 0.717) is 10.0 Å². The van der Waals surface area contributed by atoms with Gasteiger partial charge in [-0.05, 0) is 66.2 Å². The first-order valence-corrected chi connectivity index (χ1v) is 11.1. The van der Waals surface area contributed by atoms with E-state index in [1.54, 1.807) is 29.8 Å². The third-order valence-electron chi connectivity index (χ3n) is 5.67. The second kappa shape index (κ2) is 7.39. The third-order valence-corrected chi connectivity index (χ3v) is 7.25. The fourth-order valence-corrected chi connectivity index (χ4v) is 4.81. The maximum Gasteiger partial charge on any atom is 0.235 e. The molecule has 1 aliphatic heterocycles. The molecule has 8 heteroatoms. The molecule has 0 spiro atoms. The summed E-state index contributed by atoms with van der Waals surface area (Å²) >= 11 is 13.7. The largest absolute Gasteiger partial charge is 0.325 e. The maximum atomic E-state index is 13.0. The number of benzene rings is 2. The summed E-state index contributed by atoms with van der Waals surface area (Å²) in [6.07, 6.45) is 3.04. The molecule has 1 atom stereocenters. The highest BCUT2D eigenvalue weighted by Gasteiger charge is 2.51. The van der Waals surface area contributed by atoms with Crippen LogP contribution in [0.4, 0.5) is 16.4 Å². The van der Waals surface area contributed by atoms with Crippen LogP contribution in [0.1, 0.15) is 30.1 Å². The summed E-state index contributed by atoms with van der Waals surface area (Å²) in [6, 6.07) is 15.0. The number of nitrogens with two attached hydrogens (primary N) is 1. The minimum atomic E-state index is -0.538. The molecule has 2 aliphatic rings. The summed E-state index contributed by atoms with van der Waals surface area (Å²) in [5.74, 6) is -0.0345. The Kier molecular flexibility index (Phi) is 4.82. The van der Waals surface area contributed by atoms with Crippen LogP contribution in [0.2, 0.25) is 10.0 Å².